The van der Waals surface area contributed by atoms with Crippen LogP contribution in [-0.4, -0.2) is 54.9 Å². The molecule has 0 atom stereocenters. The fraction of sp³-hybridized carbons (Fsp3) is 0.278. The molecule has 0 unspecified atom stereocenters. The van der Waals surface area contributed by atoms with Crippen LogP contribution in [-0.2, 0) is 16.6 Å². The number of carboxylic acids is 1. The van der Waals surface area contributed by atoms with E-state index < -0.39 is 16.0 Å². The molecule has 3 rings (SSSR count). The van der Waals surface area contributed by atoms with Crippen LogP contribution in [0.3, 0.4) is 0 Å². The molecule has 0 aliphatic carbocycles. The van der Waals surface area contributed by atoms with Crippen molar-refractivity contribution in [3.63, 3.8) is 0 Å². The van der Waals surface area contributed by atoms with Crippen LogP contribution in [0, 0.1) is 5.82 Å². The summed E-state index contributed by atoms with van der Waals surface area (Å²) in [6, 6.07) is 11.9. The quantitative estimate of drug-likeness (QED) is 0.861. The van der Waals surface area contributed by atoms with Crippen LogP contribution >= 0.6 is 0 Å². The smallest absolute Gasteiger partial charge is 0.335 e. The molecule has 1 aliphatic heterocycles. The second-order valence-corrected chi connectivity index (χ2v) is 8.04. The van der Waals surface area contributed by atoms with Crippen molar-refractivity contribution in [2.24, 2.45) is 0 Å². The summed E-state index contributed by atoms with van der Waals surface area (Å²) in [4.78, 5) is 13.0. The molecular weight excluding hydrogens is 359 g/mol. The summed E-state index contributed by atoms with van der Waals surface area (Å²) in [5.41, 5.74) is 0.516. The molecule has 8 heteroatoms. The average molecular weight is 378 g/mol. The van der Waals surface area contributed by atoms with Crippen LogP contribution in [0.15, 0.2) is 53.4 Å². The molecule has 26 heavy (non-hydrogen) atoms. The highest BCUT2D eigenvalue weighted by molar-refractivity contribution is 7.89. The van der Waals surface area contributed by atoms with E-state index in [9.17, 15) is 17.6 Å². The first-order valence-corrected chi connectivity index (χ1v) is 9.61. The Balaban J connectivity index is 1.68. The number of hydrogen-bond donors (Lipinski definition) is 1. The molecule has 0 amide bonds. The fourth-order valence-corrected chi connectivity index (χ4v) is 4.40. The van der Waals surface area contributed by atoms with E-state index in [1.165, 1.54) is 34.6 Å². The zero-order valence-electron chi connectivity index (χ0n) is 14.0. The molecule has 138 valence electrons. The van der Waals surface area contributed by atoms with Gasteiger partial charge < -0.3 is 5.11 Å². The maximum absolute atomic E-state index is 13.8. The molecule has 0 saturated carbocycles. The van der Waals surface area contributed by atoms with Crippen LogP contribution in [0.1, 0.15) is 15.9 Å². The summed E-state index contributed by atoms with van der Waals surface area (Å²) in [7, 11) is -3.75. The molecule has 1 aliphatic rings. The van der Waals surface area contributed by atoms with Crippen LogP contribution in [0.4, 0.5) is 4.39 Å². The Labute approximate surface area is 151 Å². The molecule has 1 fully saturated rings. The maximum atomic E-state index is 13.8. The first-order chi connectivity index (χ1) is 12.4. The second-order valence-electron chi connectivity index (χ2n) is 6.10. The van der Waals surface area contributed by atoms with Crippen molar-refractivity contribution < 1.29 is 22.7 Å². The van der Waals surface area contributed by atoms with Gasteiger partial charge >= 0.3 is 5.97 Å². The summed E-state index contributed by atoms with van der Waals surface area (Å²) >= 11 is 0. The third-order valence-corrected chi connectivity index (χ3v) is 6.30. The average Bonchev–Trinajstić information content (AvgIpc) is 2.64. The Morgan fingerprint density at radius 1 is 1.04 bits per heavy atom. The van der Waals surface area contributed by atoms with E-state index in [0.29, 0.717) is 25.2 Å². The number of nitrogens with zero attached hydrogens (tertiary/aromatic N) is 2. The normalized spacial score (nSPS) is 16.5. The van der Waals surface area contributed by atoms with Crippen molar-refractivity contribution in [3.05, 3.63) is 65.5 Å². The van der Waals surface area contributed by atoms with Gasteiger partial charge in [-0.1, -0.05) is 24.3 Å². The topological polar surface area (TPSA) is 77.9 Å². The van der Waals surface area contributed by atoms with Gasteiger partial charge in [-0.15, -0.1) is 0 Å². The largest absolute Gasteiger partial charge is 0.478 e. The predicted octanol–water partition coefficient (Wildman–Crippen LogP) is 2.03. The van der Waals surface area contributed by atoms with E-state index in [2.05, 4.69) is 0 Å². The molecule has 0 radical (unpaired) electrons. The molecular formula is C18H19FN2O4S. The van der Waals surface area contributed by atoms with E-state index in [-0.39, 0.29) is 29.4 Å². The standard InChI is InChI=1S/C18H19FN2O4S/c19-17-7-2-1-4-15(17)13-20-8-10-21(11-9-20)26(24,25)16-6-3-5-14(12-16)18(22)23/h1-7,12H,8-11,13H2,(H,22,23). The Bertz CT molecular complexity index is 909. The Morgan fingerprint density at radius 2 is 1.73 bits per heavy atom. The minimum Gasteiger partial charge on any atom is -0.478 e. The van der Waals surface area contributed by atoms with Gasteiger partial charge in [0.1, 0.15) is 5.82 Å². The number of benzene rings is 2. The van der Waals surface area contributed by atoms with Gasteiger partial charge in [0.2, 0.25) is 10.0 Å². The lowest BCUT2D eigenvalue weighted by Gasteiger charge is -2.34. The number of carbonyl (C=O) groups is 1. The number of carboxylic acid groups (broad SMARTS) is 1. The van der Waals surface area contributed by atoms with Gasteiger partial charge in [-0.3, -0.25) is 4.90 Å². The van der Waals surface area contributed by atoms with Gasteiger partial charge in [0.05, 0.1) is 10.5 Å². The van der Waals surface area contributed by atoms with Crippen molar-refractivity contribution in [2.75, 3.05) is 26.2 Å². The molecule has 0 spiro atoms. The molecule has 1 heterocycles. The lowest BCUT2D eigenvalue weighted by Crippen LogP contribution is -2.48. The number of piperazine rings is 1. The number of hydrogen-bond acceptors (Lipinski definition) is 4. The van der Waals surface area contributed by atoms with Crippen molar-refractivity contribution in [1.82, 2.24) is 9.21 Å². The van der Waals surface area contributed by atoms with Crippen molar-refractivity contribution in [3.8, 4) is 0 Å². The van der Waals surface area contributed by atoms with Crippen molar-refractivity contribution in [1.29, 1.82) is 0 Å². The molecule has 1 N–H and O–H groups in total. The van der Waals surface area contributed by atoms with Gasteiger partial charge in [-0.25, -0.2) is 17.6 Å². The summed E-state index contributed by atoms with van der Waals surface area (Å²) in [5, 5.41) is 9.04. The first-order valence-electron chi connectivity index (χ1n) is 8.17. The van der Waals surface area contributed by atoms with Crippen molar-refractivity contribution in [2.45, 2.75) is 11.4 Å². The van der Waals surface area contributed by atoms with Gasteiger partial charge in [-0.05, 0) is 24.3 Å². The van der Waals surface area contributed by atoms with Gasteiger partial charge in [0.15, 0.2) is 0 Å². The SMILES string of the molecule is O=C(O)c1cccc(S(=O)(=O)N2CCN(Cc3ccccc3F)CC2)c1. The van der Waals surface area contributed by atoms with E-state index >= 15 is 0 Å². The van der Waals surface area contributed by atoms with Crippen LogP contribution in [0.2, 0.25) is 0 Å². The molecule has 6 nitrogen and oxygen atoms in total. The summed E-state index contributed by atoms with van der Waals surface area (Å²) in [6.07, 6.45) is 0. The van der Waals surface area contributed by atoms with Gasteiger partial charge in [0, 0.05) is 38.3 Å². The lowest BCUT2D eigenvalue weighted by atomic mass is 10.2. The first kappa shape index (κ1) is 18.5. The van der Waals surface area contributed by atoms with E-state index in [4.69, 9.17) is 5.11 Å². The fourth-order valence-electron chi connectivity index (χ4n) is 2.93. The Kier molecular flexibility index (Phi) is 5.36. The highest BCUT2D eigenvalue weighted by Crippen LogP contribution is 2.20. The summed E-state index contributed by atoms with van der Waals surface area (Å²) < 4.78 is 40.6. The predicted molar refractivity (Wildman–Crippen MR) is 93.8 cm³/mol. The highest BCUT2D eigenvalue weighted by atomic mass is 32.2. The van der Waals surface area contributed by atoms with Crippen LogP contribution in [0.5, 0.6) is 0 Å². The monoisotopic (exact) mass is 378 g/mol. The molecule has 0 aromatic heterocycles. The van der Waals surface area contributed by atoms with Gasteiger partial charge in [-0.2, -0.15) is 4.31 Å². The number of rotatable bonds is 5. The Morgan fingerprint density at radius 3 is 2.38 bits per heavy atom. The third-order valence-electron chi connectivity index (χ3n) is 4.40. The number of aromatic carboxylic acids is 1. The van der Waals surface area contributed by atoms with E-state index in [1.807, 2.05) is 4.90 Å². The van der Waals surface area contributed by atoms with E-state index in [0.717, 1.165) is 0 Å². The zero-order valence-corrected chi connectivity index (χ0v) is 14.8. The summed E-state index contributed by atoms with van der Waals surface area (Å²) in [5.74, 6) is -1.44. The molecule has 2 aromatic carbocycles. The number of sulfonamides is 1. The highest BCUT2D eigenvalue weighted by Gasteiger charge is 2.29. The lowest BCUT2D eigenvalue weighted by molar-refractivity contribution is 0.0696. The minimum absolute atomic E-state index is 0.0278. The third kappa shape index (κ3) is 3.92. The molecule has 2 aromatic rings. The van der Waals surface area contributed by atoms with Gasteiger partial charge in [0.25, 0.3) is 0 Å². The van der Waals surface area contributed by atoms with E-state index in [1.54, 1.807) is 18.2 Å². The maximum Gasteiger partial charge on any atom is 0.335 e. The zero-order chi connectivity index (χ0) is 18.7. The van der Waals surface area contributed by atoms with Crippen LogP contribution in [0.25, 0.3) is 0 Å². The summed E-state index contributed by atoms with van der Waals surface area (Å²) in [6.45, 7) is 1.93. The van der Waals surface area contributed by atoms with Crippen LogP contribution < -0.4 is 0 Å². The molecule has 1 saturated heterocycles. The Hall–Kier alpha value is -2.29. The minimum atomic E-state index is -3.75. The van der Waals surface area contributed by atoms with Crippen molar-refractivity contribution >= 4 is 16.0 Å². The second kappa shape index (κ2) is 7.53. The molecule has 0 bridgehead atoms. The number of halogens is 1.